The minimum absolute atomic E-state index is 0.351. The van der Waals surface area contributed by atoms with Crippen molar-refractivity contribution in [1.82, 2.24) is 10.2 Å². The fourth-order valence-corrected chi connectivity index (χ4v) is 1.49. The van der Waals surface area contributed by atoms with Crippen molar-refractivity contribution in [3.05, 3.63) is 0 Å². The topological polar surface area (TPSA) is 108 Å². The molecule has 16 heavy (non-hydrogen) atoms. The van der Waals surface area contributed by atoms with E-state index in [9.17, 15) is 9.59 Å². The van der Waals surface area contributed by atoms with Crippen LogP contribution in [0, 0.1) is 11.3 Å². The lowest BCUT2D eigenvalue weighted by Gasteiger charge is -2.33. The number of hydrogen-bond donors (Lipinski definition) is 2. The normalized spacial score (nSPS) is 23.1. The van der Waals surface area contributed by atoms with Gasteiger partial charge in [-0.05, 0) is 6.92 Å². The standard InChI is InChI=1S/C9H14N4O3/c1-6(8(14)12-9(11)15)13-2-3-16-7(4-10)5-13/h6-7H,2-3,5H2,1H3,(H3,11,12,14,15). The summed E-state index contributed by atoms with van der Waals surface area (Å²) in [4.78, 5) is 23.8. The first kappa shape index (κ1) is 12.4. The summed E-state index contributed by atoms with van der Waals surface area (Å²) in [7, 11) is 0. The molecule has 1 heterocycles. The van der Waals surface area contributed by atoms with E-state index in [2.05, 4.69) is 0 Å². The van der Waals surface area contributed by atoms with Gasteiger partial charge in [0, 0.05) is 13.1 Å². The Kier molecular flexibility index (Phi) is 4.22. The van der Waals surface area contributed by atoms with Crippen LogP contribution in [0.15, 0.2) is 0 Å². The maximum atomic E-state index is 11.5. The first-order chi connectivity index (χ1) is 7.54. The Balaban J connectivity index is 2.53. The van der Waals surface area contributed by atoms with Crippen LogP contribution in [0.4, 0.5) is 4.79 Å². The molecule has 7 nitrogen and oxygen atoms in total. The number of rotatable bonds is 2. The molecular formula is C9H14N4O3. The first-order valence-electron chi connectivity index (χ1n) is 4.90. The zero-order valence-electron chi connectivity index (χ0n) is 8.97. The number of primary amides is 1. The lowest BCUT2D eigenvalue weighted by atomic mass is 10.2. The maximum absolute atomic E-state index is 11.5. The third-order valence-electron chi connectivity index (χ3n) is 2.42. The summed E-state index contributed by atoms with van der Waals surface area (Å²) in [5.74, 6) is -0.467. The van der Waals surface area contributed by atoms with Crippen LogP contribution in [0.3, 0.4) is 0 Å². The lowest BCUT2D eigenvalue weighted by Crippen LogP contribution is -2.53. The van der Waals surface area contributed by atoms with Gasteiger partial charge in [0.1, 0.15) is 0 Å². The number of hydrogen-bond acceptors (Lipinski definition) is 5. The van der Waals surface area contributed by atoms with Gasteiger partial charge in [0.15, 0.2) is 6.10 Å². The maximum Gasteiger partial charge on any atom is 0.318 e. The van der Waals surface area contributed by atoms with E-state index in [1.807, 2.05) is 11.4 Å². The van der Waals surface area contributed by atoms with Crippen molar-refractivity contribution in [3.8, 4) is 6.07 Å². The molecular weight excluding hydrogens is 212 g/mol. The molecule has 0 aromatic carbocycles. The van der Waals surface area contributed by atoms with Crippen molar-refractivity contribution in [2.24, 2.45) is 5.73 Å². The van der Waals surface area contributed by atoms with Crippen LogP contribution >= 0.6 is 0 Å². The van der Waals surface area contributed by atoms with Gasteiger partial charge in [0.2, 0.25) is 5.91 Å². The molecule has 7 heteroatoms. The third-order valence-corrected chi connectivity index (χ3v) is 2.42. The minimum Gasteiger partial charge on any atom is -0.361 e. The second kappa shape index (κ2) is 5.44. The van der Waals surface area contributed by atoms with E-state index in [0.29, 0.717) is 19.7 Å². The number of urea groups is 1. The molecule has 1 fully saturated rings. The van der Waals surface area contributed by atoms with Crippen molar-refractivity contribution < 1.29 is 14.3 Å². The van der Waals surface area contributed by atoms with Crippen LogP contribution in [-0.4, -0.2) is 48.7 Å². The van der Waals surface area contributed by atoms with E-state index in [1.54, 1.807) is 11.8 Å². The Morgan fingerprint density at radius 2 is 2.38 bits per heavy atom. The second-order valence-electron chi connectivity index (χ2n) is 3.51. The number of ether oxygens (including phenoxy) is 1. The number of nitrogens with two attached hydrogens (primary N) is 1. The summed E-state index contributed by atoms with van der Waals surface area (Å²) < 4.78 is 5.14. The highest BCUT2D eigenvalue weighted by molar-refractivity contribution is 5.96. The van der Waals surface area contributed by atoms with Crippen LogP contribution in [0.5, 0.6) is 0 Å². The zero-order valence-corrected chi connectivity index (χ0v) is 8.97. The van der Waals surface area contributed by atoms with E-state index < -0.39 is 24.1 Å². The van der Waals surface area contributed by atoms with Crippen molar-refractivity contribution in [3.63, 3.8) is 0 Å². The van der Waals surface area contributed by atoms with Gasteiger partial charge in [0.25, 0.3) is 0 Å². The molecule has 0 saturated carbocycles. The average Bonchev–Trinajstić information content (AvgIpc) is 2.27. The Bertz CT molecular complexity index is 325. The van der Waals surface area contributed by atoms with Gasteiger partial charge >= 0.3 is 6.03 Å². The molecule has 3 amide bonds. The van der Waals surface area contributed by atoms with E-state index in [0.717, 1.165) is 0 Å². The van der Waals surface area contributed by atoms with Gasteiger partial charge in [0.05, 0.1) is 18.7 Å². The van der Waals surface area contributed by atoms with E-state index in [-0.39, 0.29) is 0 Å². The quantitative estimate of drug-likeness (QED) is 0.614. The number of imide groups is 1. The zero-order chi connectivity index (χ0) is 12.1. The third kappa shape index (κ3) is 3.18. The predicted molar refractivity (Wildman–Crippen MR) is 54.1 cm³/mol. The van der Waals surface area contributed by atoms with Crippen molar-refractivity contribution in [2.75, 3.05) is 19.7 Å². The molecule has 88 valence electrons. The molecule has 0 aliphatic carbocycles. The molecule has 1 aliphatic rings. The van der Waals surface area contributed by atoms with E-state index >= 15 is 0 Å². The highest BCUT2D eigenvalue weighted by atomic mass is 16.5. The molecule has 0 spiro atoms. The predicted octanol–water partition coefficient (Wildman–Crippen LogP) is -1.21. The van der Waals surface area contributed by atoms with Gasteiger partial charge in [-0.3, -0.25) is 15.0 Å². The van der Waals surface area contributed by atoms with Crippen LogP contribution < -0.4 is 11.1 Å². The number of morpholine rings is 1. The molecule has 0 bridgehead atoms. The van der Waals surface area contributed by atoms with Crippen LogP contribution in [-0.2, 0) is 9.53 Å². The molecule has 0 radical (unpaired) electrons. The van der Waals surface area contributed by atoms with Crippen molar-refractivity contribution in [2.45, 2.75) is 19.1 Å². The molecule has 2 atom stereocenters. The number of nitrogens with one attached hydrogen (secondary N) is 1. The molecule has 0 aromatic heterocycles. The summed E-state index contributed by atoms with van der Waals surface area (Å²) in [6, 6.07) is 0.601. The average molecular weight is 226 g/mol. The Morgan fingerprint density at radius 1 is 1.69 bits per heavy atom. The molecule has 3 N–H and O–H groups in total. The Hall–Kier alpha value is -1.65. The first-order valence-corrected chi connectivity index (χ1v) is 4.90. The minimum atomic E-state index is -0.873. The number of carbonyl (C=O) groups is 2. The highest BCUT2D eigenvalue weighted by Crippen LogP contribution is 2.08. The van der Waals surface area contributed by atoms with Crippen LogP contribution in [0.2, 0.25) is 0 Å². The molecule has 1 aliphatic heterocycles. The monoisotopic (exact) mass is 226 g/mol. The summed E-state index contributed by atoms with van der Waals surface area (Å²) in [6.07, 6.45) is -0.530. The van der Waals surface area contributed by atoms with Gasteiger partial charge in [-0.25, -0.2) is 4.79 Å². The SMILES string of the molecule is CC(C(=O)NC(N)=O)N1CCOC(C#N)C1. The number of nitrogens with zero attached hydrogens (tertiary/aromatic N) is 2. The van der Waals surface area contributed by atoms with Crippen molar-refractivity contribution >= 4 is 11.9 Å². The van der Waals surface area contributed by atoms with Gasteiger partial charge in [-0.2, -0.15) is 5.26 Å². The van der Waals surface area contributed by atoms with Gasteiger partial charge in [-0.15, -0.1) is 0 Å². The molecule has 0 aromatic rings. The smallest absolute Gasteiger partial charge is 0.318 e. The number of amides is 3. The lowest BCUT2D eigenvalue weighted by molar-refractivity contribution is -0.127. The number of carbonyl (C=O) groups excluding carboxylic acids is 2. The Labute approximate surface area is 93.1 Å². The summed E-state index contributed by atoms with van der Waals surface area (Å²) >= 11 is 0. The van der Waals surface area contributed by atoms with Crippen LogP contribution in [0.1, 0.15) is 6.92 Å². The van der Waals surface area contributed by atoms with Gasteiger partial charge in [-0.1, -0.05) is 0 Å². The highest BCUT2D eigenvalue weighted by Gasteiger charge is 2.28. The number of nitriles is 1. The summed E-state index contributed by atoms with van der Waals surface area (Å²) in [5.41, 5.74) is 4.85. The largest absolute Gasteiger partial charge is 0.361 e. The van der Waals surface area contributed by atoms with Crippen molar-refractivity contribution in [1.29, 1.82) is 5.26 Å². The molecule has 2 unspecified atom stereocenters. The molecule has 1 saturated heterocycles. The summed E-state index contributed by atoms with van der Waals surface area (Å²) in [6.45, 7) is 2.94. The summed E-state index contributed by atoms with van der Waals surface area (Å²) in [5, 5.41) is 10.7. The van der Waals surface area contributed by atoms with Gasteiger partial charge < -0.3 is 10.5 Å². The van der Waals surface area contributed by atoms with Crippen LogP contribution in [0.25, 0.3) is 0 Å². The Morgan fingerprint density at radius 3 is 2.94 bits per heavy atom. The fourth-order valence-electron chi connectivity index (χ4n) is 1.49. The second-order valence-corrected chi connectivity index (χ2v) is 3.51. The van der Waals surface area contributed by atoms with E-state index in [4.69, 9.17) is 15.7 Å². The van der Waals surface area contributed by atoms with E-state index in [1.165, 1.54) is 0 Å². The fraction of sp³-hybridized carbons (Fsp3) is 0.667. The molecule has 1 rings (SSSR count).